The van der Waals surface area contributed by atoms with Crippen LogP contribution in [-0.4, -0.2) is 45.7 Å². The normalized spacial score (nSPS) is 22.5. The van der Waals surface area contributed by atoms with Crippen molar-refractivity contribution in [2.45, 2.75) is 38.8 Å². The van der Waals surface area contributed by atoms with Gasteiger partial charge in [0.1, 0.15) is 0 Å². The van der Waals surface area contributed by atoms with Crippen LogP contribution < -0.4 is 0 Å². The molecular weight excluding hydrogens is 338 g/mol. The summed E-state index contributed by atoms with van der Waals surface area (Å²) in [5.74, 6) is 0.575. The molecule has 0 N–H and O–H groups in total. The second-order valence-electron chi connectivity index (χ2n) is 7.69. The average molecular weight is 363 g/mol. The number of carbonyl (C=O) groups excluding carboxylic acids is 2. The summed E-state index contributed by atoms with van der Waals surface area (Å²) in [5.41, 5.74) is 2.75. The number of likely N-dealkylation sites (tertiary alicyclic amines) is 2. The van der Waals surface area contributed by atoms with E-state index in [4.69, 9.17) is 0 Å². The van der Waals surface area contributed by atoms with Gasteiger partial charge in [-0.2, -0.15) is 0 Å². The maximum absolute atomic E-state index is 13.0. The van der Waals surface area contributed by atoms with E-state index in [0.717, 1.165) is 30.5 Å². The lowest BCUT2D eigenvalue weighted by Crippen LogP contribution is -2.43. The number of pyridine rings is 1. The zero-order chi connectivity index (χ0) is 18.8. The van der Waals surface area contributed by atoms with Crippen molar-refractivity contribution < 1.29 is 9.59 Å². The molecule has 5 heteroatoms. The van der Waals surface area contributed by atoms with Gasteiger partial charge in [-0.15, -0.1) is 0 Å². The molecule has 2 amide bonds. The minimum absolute atomic E-state index is 0.0198. The number of nitrogens with zero attached hydrogens (tertiary/aromatic N) is 3. The second kappa shape index (κ2) is 7.51. The molecule has 0 saturated carbocycles. The zero-order valence-corrected chi connectivity index (χ0v) is 15.7. The van der Waals surface area contributed by atoms with Crippen LogP contribution in [0.15, 0.2) is 48.8 Å². The van der Waals surface area contributed by atoms with Crippen molar-refractivity contribution in [2.75, 3.05) is 13.1 Å². The fraction of sp³-hybridized carbons (Fsp3) is 0.409. The summed E-state index contributed by atoms with van der Waals surface area (Å²) in [6.07, 6.45) is 5.90. The predicted molar refractivity (Wildman–Crippen MR) is 103 cm³/mol. The van der Waals surface area contributed by atoms with Gasteiger partial charge in [0.25, 0.3) is 5.91 Å². The Kier molecular flexibility index (Phi) is 4.92. The molecule has 2 fully saturated rings. The molecule has 0 aliphatic carbocycles. The quantitative estimate of drug-likeness (QED) is 0.842. The lowest BCUT2D eigenvalue weighted by Gasteiger charge is -2.30. The lowest BCUT2D eigenvalue weighted by molar-refractivity contribution is -0.133. The number of aromatic nitrogens is 1. The summed E-state index contributed by atoms with van der Waals surface area (Å²) in [7, 11) is 0. The van der Waals surface area contributed by atoms with Crippen LogP contribution in [0.1, 0.15) is 40.7 Å². The summed E-state index contributed by atoms with van der Waals surface area (Å²) < 4.78 is 0. The Labute approximate surface area is 160 Å². The molecule has 4 rings (SSSR count). The maximum Gasteiger partial charge on any atom is 0.255 e. The van der Waals surface area contributed by atoms with E-state index in [2.05, 4.69) is 17.1 Å². The fourth-order valence-electron chi connectivity index (χ4n) is 4.34. The van der Waals surface area contributed by atoms with Crippen LogP contribution in [0, 0.1) is 12.8 Å². The summed E-state index contributed by atoms with van der Waals surface area (Å²) >= 11 is 0. The molecule has 2 aliphatic rings. The summed E-state index contributed by atoms with van der Waals surface area (Å²) in [6, 6.07) is 12.1. The molecular formula is C22H25N3O2. The Morgan fingerprint density at radius 1 is 1.19 bits per heavy atom. The monoisotopic (exact) mass is 363 g/mol. The maximum atomic E-state index is 13.0. The fourth-order valence-corrected chi connectivity index (χ4v) is 4.34. The number of hydrogen-bond donors (Lipinski definition) is 0. The third kappa shape index (κ3) is 3.72. The van der Waals surface area contributed by atoms with Crippen molar-refractivity contribution >= 4 is 11.8 Å². The molecule has 2 atom stereocenters. The molecule has 140 valence electrons. The average Bonchev–Trinajstić information content (AvgIpc) is 3.04. The van der Waals surface area contributed by atoms with Crippen molar-refractivity contribution in [3.8, 4) is 0 Å². The number of aryl methyl sites for hydroxylation is 1. The number of fused-ring (bicyclic) bond motifs is 1. The van der Waals surface area contributed by atoms with Crippen molar-refractivity contribution in [1.82, 2.24) is 14.8 Å². The van der Waals surface area contributed by atoms with Crippen molar-refractivity contribution in [3.05, 3.63) is 65.5 Å². The third-order valence-electron chi connectivity index (χ3n) is 5.70. The van der Waals surface area contributed by atoms with E-state index in [0.29, 0.717) is 31.0 Å². The highest BCUT2D eigenvalue weighted by molar-refractivity contribution is 5.94. The van der Waals surface area contributed by atoms with Crippen LogP contribution in [0.25, 0.3) is 0 Å². The SMILES string of the molecule is Cc1cncc(C(=O)N2C[C@H]3CCCC(=O)N(Cc4ccccc4)[C@H]3C2)c1. The van der Waals surface area contributed by atoms with Gasteiger partial charge in [0.15, 0.2) is 0 Å². The van der Waals surface area contributed by atoms with Gasteiger partial charge >= 0.3 is 0 Å². The van der Waals surface area contributed by atoms with Crippen LogP contribution in [0.2, 0.25) is 0 Å². The smallest absolute Gasteiger partial charge is 0.255 e. The van der Waals surface area contributed by atoms with Gasteiger partial charge in [-0.1, -0.05) is 30.3 Å². The van der Waals surface area contributed by atoms with Gasteiger partial charge in [0.05, 0.1) is 11.6 Å². The number of benzene rings is 1. The lowest BCUT2D eigenvalue weighted by atomic mass is 9.98. The summed E-state index contributed by atoms with van der Waals surface area (Å²) in [4.78, 5) is 33.8. The first kappa shape index (κ1) is 17.7. The van der Waals surface area contributed by atoms with Gasteiger partial charge in [0, 0.05) is 38.4 Å². The highest BCUT2D eigenvalue weighted by Crippen LogP contribution is 2.32. The van der Waals surface area contributed by atoms with E-state index in [1.165, 1.54) is 0 Å². The molecule has 0 radical (unpaired) electrons. The first-order valence-electron chi connectivity index (χ1n) is 9.66. The minimum Gasteiger partial charge on any atom is -0.336 e. The van der Waals surface area contributed by atoms with Crippen molar-refractivity contribution in [1.29, 1.82) is 0 Å². The van der Waals surface area contributed by atoms with E-state index in [1.54, 1.807) is 12.4 Å². The van der Waals surface area contributed by atoms with Gasteiger partial charge in [-0.05, 0) is 42.9 Å². The van der Waals surface area contributed by atoms with Gasteiger partial charge < -0.3 is 9.80 Å². The van der Waals surface area contributed by atoms with Crippen LogP contribution >= 0.6 is 0 Å². The van der Waals surface area contributed by atoms with E-state index in [1.807, 2.05) is 41.0 Å². The zero-order valence-electron chi connectivity index (χ0n) is 15.7. The highest BCUT2D eigenvalue weighted by atomic mass is 16.2. The van der Waals surface area contributed by atoms with Gasteiger partial charge in [0.2, 0.25) is 5.91 Å². The van der Waals surface area contributed by atoms with Crippen LogP contribution in [0.5, 0.6) is 0 Å². The Bertz CT molecular complexity index is 836. The molecule has 1 aromatic carbocycles. The molecule has 5 nitrogen and oxygen atoms in total. The molecule has 27 heavy (non-hydrogen) atoms. The molecule has 3 heterocycles. The van der Waals surface area contributed by atoms with E-state index in [9.17, 15) is 9.59 Å². The van der Waals surface area contributed by atoms with Gasteiger partial charge in [-0.25, -0.2) is 0 Å². The van der Waals surface area contributed by atoms with Crippen LogP contribution in [0.4, 0.5) is 0 Å². The predicted octanol–water partition coefficient (Wildman–Crippen LogP) is 3.04. The van der Waals surface area contributed by atoms with E-state index < -0.39 is 0 Å². The van der Waals surface area contributed by atoms with Crippen LogP contribution in [-0.2, 0) is 11.3 Å². The molecule has 2 aromatic rings. The van der Waals surface area contributed by atoms with Crippen LogP contribution in [0.3, 0.4) is 0 Å². The summed E-state index contributed by atoms with van der Waals surface area (Å²) in [5, 5.41) is 0. The summed E-state index contributed by atoms with van der Waals surface area (Å²) in [6.45, 7) is 3.89. The molecule has 1 aromatic heterocycles. The van der Waals surface area contributed by atoms with E-state index in [-0.39, 0.29) is 17.9 Å². The van der Waals surface area contributed by atoms with E-state index >= 15 is 0 Å². The Morgan fingerprint density at radius 2 is 2.00 bits per heavy atom. The first-order valence-corrected chi connectivity index (χ1v) is 9.66. The van der Waals surface area contributed by atoms with Crippen molar-refractivity contribution in [3.63, 3.8) is 0 Å². The topological polar surface area (TPSA) is 53.5 Å². The number of carbonyl (C=O) groups is 2. The largest absolute Gasteiger partial charge is 0.336 e. The third-order valence-corrected chi connectivity index (χ3v) is 5.70. The molecule has 2 saturated heterocycles. The molecule has 0 unspecified atom stereocenters. The van der Waals surface area contributed by atoms with Crippen molar-refractivity contribution in [2.24, 2.45) is 5.92 Å². The first-order chi connectivity index (χ1) is 13.1. The Morgan fingerprint density at radius 3 is 2.78 bits per heavy atom. The molecule has 0 spiro atoms. The second-order valence-corrected chi connectivity index (χ2v) is 7.69. The number of hydrogen-bond acceptors (Lipinski definition) is 3. The Balaban J connectivity index is 1.55. The standard InChI is InChI=1S/C22H25N3O2/c1-16-10-19(12-23-11-16)22(27)24-14-18-8-5-9-21(26)25(20(18)15-24)13-17-6-3-2-4-7-17/h2-4,6-7,10-12,18,20H,5,8-9,13-15H2,1H3/t18-,20+/m1/s1. The minimum atomic E-state index is 0.0198. The highest BCUT2D eigenvalue weighted by Gasteiger charge is 2.41. The van der Waals surface area contributed by atoms with Gasteiger partial charge in [-0.3, -0.25) is 14.6 Å². The molecule has 0 bridgehead atoms. The number of rotatable bonds is 3. The number of amides is 2. The molecule has 2 aliphatic heterocycles. The Hall–Kier alpha value is -2.69.